The highest BCUT2D eigenvalue weighted by molar-refractivity contribution is 5.89. The van der Waals surface area contributed by atoms with Gasteiger partial charge in [-0.15, -0.1) is 0 Å². The summed E-state index contributed by atoms with van der Waals surface area (Å²) in [5, 5.41) is 3.00. The number of carbonyl (C=O) groups excluding carboxylic acids is 1. The SMILES string of the molecule is C[C@H]1CN(C(=O)Nc2ccccc2)C2(CCCCCC2)O1. The van der Waals surface area contributed by atoms with Crippen LogP contribution in [0.1, 0.15) is 45.4 Å². The first kappa shape index (κ1) is 14.4. The van der Waals surface area contributed by atoms with E-state index in [0.717, 1.165) is 31.4 Å². The first-order valence-electron chi connectivity index (χ1n) is 8.01. The zero-order valence-corrected chi connectivity index (χ0v) is 12.7. The lowest BCUT2D eigenvalue weighted by molar-refractivity contribution is -0.0932. The standard InChI is InChI=1S/C17H24N2O2/c1-14-13-19(16(20)18-15-9-5-4-6-10-15)17(21-14)11-7-2-3-8-12-17/h4-6,9-10,14H,2-3,7-8,11-13H2,1H3,(H,18,20)/t14-/m0/s1. The van der Waals surface area contributed by atoms with Crippen molar-refractivity contribution in [3.63, 3.8) is 0 Å². The van der Waals surface area contributed by atoms with Crippen LogP contribution in [-0.4, -0.2) is 29.3 Å². The molecule has 1 saturated heterocycles. The molecular weight excluding hydrogens is 264 g/mol. The number of nitrogens with one attached hydrogen (secondary N) is 1. The highest BCUT2D eigenvalue weighted by atomic mass is 16.5. The zero-order valence-electron chi connectivity index (χ0n) is 12.7. The van der Waals surface area contributed by atoms with Gasteiger partial charge < -0.3 is 10.1 Å². The number of rotatable bonds is 1. The van der Waals surface area contributed by atoms with Gasteiger partial charge in [0.05, 0.1) is 12.6 Å². The van der Waals surface area contributed by atoms with Crippen molar-refractivity contribution in [2.24, 2.45) is 0 Å². The molecule has 1 aromatic rings. The van der Waals surface area contributed by atoms with Crippen LogP contribution >= 0.6 is 0 Å². The Balaban J connectivity index is 1.76. The van der Waals surface area contributed by atoms with E-state index in [1.54, 1.807) is 0 Å². The lowest BCUT2D eigenvalue weighted by Crippen LogP contribution is -2.49. The molecule has 2 aliphatic rings. The first-order chi connectivity index (χ1) is 10.2. The molecule has 1 saturated carbocycles. The van der Waals surface area contributed by atoms with Crippen molar-refractivity contribution < 1.29 is 9.53 Å². The summed E-state index contributed by atoms with van der Waals surface area (Å²) in [7, 11) is 0. The quantitative estimate of drug-likeness (QED) is 0.849. The van der Waals surface area contributed by atoms with Crippen LogP contribution in [0.15, 0.2) is 30.3 Å². The predicted molar refractivity (Wildman–Crippen MR) is 83.1 cm³/mol. The van der Waals surface area contributed by atoms with E-state index in [9.17, 15) is 4.79 Å². The van der Waals surface area contributed by atoms with Crippen molar-refractivity contribution in [1.82, 2.24) is 4.90 Å². The third kappa shape index (κ3) is 3.05. The van der Waals surface area contributed by atoms with E-state index in [-0.39, 0.29) is 17.9 Å². The number of urea groups is 1. The van der Waals surface area contributed by atoms with Gasteiger partial charge in [-0.25, -0.2) is 4.79 Å². The third-order valence-electron chi connectivity index (χ3n) is 4.51. The van der Waals surface area contributed by atoms with E-state index in [0.29, 0.717) is 6.54 Å². The molecule has 4 nitrogen and oxygen atoms in total. The van der Waals surface area contributed by atoms with Crippen LogP contribution in [0, 0.1) is 0 Å². The van der Waals surface area contributed by atoms with Gasteiger partial charge in [-0.1, -0.05) is 31.0 Å². The maximum atomic E-state index is 12.7. The molecule has 0 bridgehead atoms. The Morgan fingerprint density at radius 2 is 1.86 bits per heavy atom. The van der Waals surface area contributed by atoms with Crippen molar-refractivity contribution in [3.8, 4) is 0 Å². The fourth-order valence-corrected chi connectivity index (χ4v) is 3.55. The van der Waals surface area contributed by atoms with Gasteiger partial charge in [-0.2, -0.15) is 0 Å². The Kier molecular flexibility index (Phi) is 4.15. The maximum Gasteiger partial charge on any atom is 0.324 e. The molecular formula is C17H24N2O2. The minimum Gasteiger partial charge on any atom is -0.351 e. The largest absolute Gasteiger partial charge is 0.351 e. The van der Waals surface area contributed by atoms with E-state index in [1.807, 2.05) is 35.2 Å². The topological polar surface area (TPSA) is 41.6 Å². The molecule has 1 spiro atoms. The number of hydrogen-bond donors (Lipinski definition) is 1. The zero-order chi connectivity index (χ0) is 14.7. The Hall–Kier alpha value is -1.55. The van der Waals surface area contributed by atoms with E-state index in [4.69, 9.17) is 4.74 Å². The number of carbonyl (C=O) groups is 1. The lowest BCUT2D eigenvalue weighted by Gasteiger charge is -2.36. The van der Waals surface area contributed by atoms with Gasteiger partial charge in [-0.3, -0.25) is 4.90 Å². The molecule has 0 aromatic heterocycles. The molecule has 3 rings (SSSR count). The van der Waals surface area contributed by atoms with Crippen molar-refractivity contribution in [2.75, 3.05) is 11.9 Å². The molecule has 1 aliphatic carbocycles. The molecule has 0 unspecified atom stereocenters. The van der Waals surface area contributed by atoms with E-state index in [1.165, 1.54) is 12.8 Å². The van der Waals surface area contributed by atoms with Crippen LogP contribution in [-0.2, 0) is 4.74 Å². The summed E-state index contributed by atoms with van der Waals surface area (Å²) in [6, 6.07) is 9.60. The summed E-state index contributed by atoms with van der Waals surface area (Å²) in [4.78, 5) is 14.6. The second-order valence-electron chi connectivity index (χ2n) is 6.20. The molecule has 4 heteroatoms. The summed E-state index contributed by atoms with van der Waals surface area (Å²) >= 11 is 0. The van der Waals surface area contributed by atoms with Crippen molar-refractivity contribution in [2.45, 2.75) is 57.3 Å². The highest BCUT2D eigenvalue weighted by Crippen LogP contribution is 2.39. The molecule has 1 heterocycles. The maximum absolute atomic E-state index is 12.7. The van der Waals surface area contributed by atoms with Gasteiger partial charge in [0, 0.05) is 5.69 Å². The van der Waals surface area contributed by atoms with Crippen LogP contribution in [0.2, 0.25) is 0 Å². The first-order valence-corrected chi connectivity index (χ1v) is 8.01. The number of benzene rings is 1. The minimum atomic E-state index is -0.380. The van der Waals surface area contributed by atoms with Crippen LogP contribution in [0.25, 0.3) is 0 Å². The summed E-state index contributed by atoms with van der Waals surface area (Å²) in [5.41, 5.74) is 0.459. The number of hydrogen-bond acceptors (Lipinski definition) is 2. The van der Waals surface area contributed by atoms with Crippen LogP contribution < -0.4 is 5.32 Å². The van der Waals surface area contributed by atoms with Gasteiger partial charge >= 0.3 is 6.03 Å². The normalized spacial score (nSPS) is 24.8. The minimum absolute atomic E-state index is 0.0348. The average molecular weight is 288 g/mol. The van der Waals surface area contributed by atoms with Crippen LogP contribution in [0.5, 0.6) is 0 Å². The monoisotopic (exact) mass is 288 g/mol. The average Bonchev–Trinajstić information content (AvgIpc) is 2.65. The Labute approximate surface area is 126 Å². The number of amides is 2. The summed E-state index contributed by atoms with van der Waals surface area (Å²) in [6.07, 6.45) is 6.80. The fourth-order valence-electron chi connectivity index (χ4n) is 3.55. The van der Waals surface area contributed by atoms with Crippen molar-refractivity contribution >= 4 is 11.7 Å². The molecule has 2 amide bonds. The third-order valence-corrected chi connectivity index (χ3v) is 4.51. The Morgan fingerprint density at radius 1 is 1.19 bits per heavy atom. The second kappa shape index (κ2) is 6.06. The number of anilines is 1. The number of ether oxygens (including phenoxy) is 1. The van der Waals surface area contributed by atoms with E-state index < -0.39 is 0 Å². The van der Waals surface area contributed by atoms with E-state index in [2.05, 4.69) is 12.2 Å². The summed E-state index contributed by atoms with van der Waals surface area (Å²) < 4.78 is 6.21. The summed E-state index contributed by atoms with van der Waals surface area (Å²) in [6.45, 7) is 2.74. The van der Waals surface area contributed by atoms with Gasteiger partial charge in [-0.05, 0) is 44.7 Å². The van der Waals surface area contributed by atoms with E-state index >= 15 is 0 Å². The molecule has 0 radical (unpaired) electrons. The van der Waals surface area contributed by atoms with Gasteiger partial charge in [0.1, 0.15) is 5.72 Å². The molecule has 1 atom stereocenters. The Bertz CT molecular complexity index is 481. The lowest BCUT2D eigenvalue weighted by atomic mass is 10.0. The number of nitrogens with zero attached hydrogens (tertiary/aromatic N) is 1. The molecule has 1 aliphatic heterocycles. The fraction of sp³-hybridized carbons (Fsp3) is 0.588. The number of para-hydroxylation sites is 1. The molecule has 114 valence electrons. The van der Waals surface area contributed by atoms with Gasteiger partial charge in [0.2, 0.25) is 0 Å². The summed E-state index contributed by atoms with van der Waals surface area (Å²) in [5.74, 6) is 0. The predicted octanol–water partition coefficient (Wildman–Crippen LogP) is 3.99. The van der Waals surface area contributed by atoms with Gasteiger partial charge in [0.15, 0.2) is 0 Å². The van der Waals surface area contributed by atoms with Crippen molar-refractivity contribution in [3.05, 3.63) is 30.3 Å². The van der Waals surface area contributed by atoms with Gasteiger partial charge in [0.25, 0.3) is 0 Å². The van der Waals surface area contributed by atoms with Crippen molar-refractivity contribution in [1.29, 1.82) is 0 Å². The molecule has 2 fully saturated rings. The molecule has 21 heavy (non-hydrogen) atoms. The Morgan fingerprint density at radius 3 is 2.52 bits per heavy atom. The molecule has 1 N–H and O–H groups in total. The van der Waals surface area contributed by atoms with Crippen LogP contribution in [0.4, 0.5) is 10.5 Å². The smallest absolute Gasteiger partial charge is 0.324 e. The highest BCUT2D eigenvalue weighted by Gasteiger charge is 2.47. The second-order valence-corrected chi connectivity index (χ2v) is 6.20. The molecule has 1 aromatic carbocycles. The van der Waals surface area contributed by atoms with Crippen LogP contribution in [0.3, 0.4) is 0 Å².